The lowest BCUT2D eigenvalue weighted by molar-refractivity contribution is -0.113. The van der Waals surface area contributed by atoms with Crippen LogP contribution in [0.1, 0.15) is 24.4 Å². The maximum absolute atomic E-state index is 12.2. The number of halogens is 2. The molecule has 1 heterocycles. The number of aromatic nitrogens is 3. The molecule has 0 aliphatic carbocycles. The third-order valence-corrected chi connectivity index (χ3v) is 5.47. The molecule has 0 bridgehead atoms. The lowest BCUT2D eigenvalue weighted by Gasteiger charge is -2.14. The fourth-order valence-electron chi connectivity index (χ4n) is 2.70. The Balaban J connectivity index is 1.59. The van der Waals surface area contributed by atoms with E-state index in [9.17, 15) is 4.79 Å². The summed E-state index contributed by atoms with van der Waals surface area (Å²) < 4.78 is 7.79. The van der Waals surface area contributed by atoms with Crippen LogP contribution >= 0.6 is 35.0 Å². The van der Waals surface area contributed by atoms with Gasteiger partial charge in [-0.25, -0.2) is 0 Å². The van der Waals surface area contributed by atoms with Crippen molar-refractivity contribution in [1.29, 1.82) is 0 Å². The van der Waals surface area contributed by atoms with Crippen LogP contribution in [-0.4, -0.2) is 26.4 Å². The minimum atomic E-state index is -0.286. The first-order valence-corrected chi connectivity index (χ1v) is 10.6. The first kappa shape index (κ1) is 21.5. The molecule has 0 spiro atoms. The number of amides is 1. The minimum Gasteiger partial charge on any atom is -0.483 e. The van der Waals surface area contributed by atoms with Gasteiger partial charge < -0.3 is 14.6 Å². The van der Waals surface area contributed by atoms with Crippen molar-refractivity contribution in [3.63, 3.8) is 0 Å². The molecule has 3 aromatic rings. The summed E-state index contributed by atoms with van der Waals surface area (Å²) in [6.45, 7) is 3.92. The Kier molecular flexibility index (Phi) is 7.05. The Bertz CT molecular complexity index is 1010. The van der Waals surface area contributed by atoms with Crippen molar-refractivity contribution >= 4 is 46.6 Å². The number of nitrogens with one attached hydrogen (secondary N) is 1. The van der Waals surface area contributed by atoms with Gasteiger partial charge in [0.1, 0.15) is 5.75 Å². The first-order chi connectivity index (χ1) is 13.8. The van der Waals surface area contributed by atoms with Gasteiger partial charge in [-0.2, -0.15) is 0 Å². The van der Waals surface area contributed by atoms with E-state index in [4.69, 9.17) is 27.9 Å². The van der Waals surface area contributed by atoms with Gasteiger partial charge in [0.05, 0.1) is 5.75 Å². The highest BCUT2D eigenvalue weighted by atomic mass is 35.5. The molecule has 6 nitrogen and oxygen atoms in total. The second-order valence-electron chi connectivity index (χ2n) is 6.47. The number of thioether (sulfide) groups is 1. The summed E-state index contributed by atoms with van der Waals surface area (Å²) in [5.74, 6) is 1.43. The SMILES string of the molecule is Cc1cccc(OC(C)c2nnc(SCC(=O)Nc3cc(Cl)cc(Cl)c3)n2C)c1. The molecule has 152 valence electrons. The van der Waals surface area contributed by atoms with Crippen LogP contribution in [-0.2, 0) is 11.8 Å². The quantitative estimate of drug-likeness (QED) is 0.494. The van der Waals surface area contributed by atoms with Gasteiger partial charge >= 0.3 is 0 Å². The van der Waals surface area contributed by atoms with Crippen LogP contribution < -0.4 is 10.1 Å². The minimum absolute atomic E-state index is 0.170. The Labute approximate surface area is 183 Å². The van der Waals surface area contributed by atoms with Crippen molar-refractivity contribution in [2.45, 2.75) is 25.1 Å². The Morgan fingerprint density at radius 2 is 1.93 bits per heavy atom. The molecule has 0 fully saturated rings. The molecule has 0 aliphatic heterocycles. The van der Waals surface area contributed by atoms with Gasteiger partial charge in [-0.15, -0.1) is 10.2 Å². The van der Waals surface area contributed by atoms with Crippen LogP contribution in [0, 0.1) is 6.92 Å². The molecule has 29 heavy (non-hydrogen) atoms. The van der Waals surface area contributed by atoms with Crippen LogP contribution in [0.5, 0.6) is 5.75 Å². The molecule has 1 N–H and O–H groups in total. The number of ether oxygens (including phenoxy) is 1. The molecule has 0 saturated heterocycles. The fourth-order valence-corrected chi connectivity index (χ4v) is 3.95. The highest BCUT2D eigenvalue weighted by Crippen LogP contribution is 2.25. The molecule has 0 radical (unpaired) electrons. The van der Waals surface area contributed by atoms with E-state index in [1.165, 1.54) is 11.8 Å². The number of nitrogens with zero attached hydrogens (tertiary/aromatic N) is 3. The van der Waals surface area contributed by atoms with Crippen LogP contribution in [0.3, 0.4) is 0 Å². The van der Waals surface area contributed by atoms with E-state index >= 15 is 0 Å². The van der Waals surface area contributed by atoms with Crippen LogP contribution in [0.2, 0.25) is 10.0 Å². The van der Waals surface area contributed by atoms with Crippen LogP contribution in [0.4, 0.5) is 5.69 Å². The first-order valence-electron chi connectivity index (χ1n) is 8.83. The molecule has 0 saturated carbocycles. The van der Waals surface area contributed by atoms with Crippen molar-refractivity contribution in [1.82, 2.24) is 14.8 Å². The smallest absolute Gasteiger partial charge is 0.234 e. The van der Waals surface area contributed by atoms with Gasteiger partial charge in [0.2, 0.25) is 5.91 Å². The number of hydrogen-bond donors (Lipinski definition) is 1. The van der Waals surface area contributed by atoms with Crippen molar-refractivity contribution in [3.8, 4) is 5.75 Å². The van der Waals surface area contributed by atoms with E-state index in [1.807, 2.05) is 49.7 Å². The lowest BCUT2D eigenvalue weighted by atomic mass is 10.2. The molecular weight excluding hydrogens is 431 g/mol. The highest BCUT2D eigenvalue weighted by Gasteiger charge is 2.18. The monoisotopic (exact) mass is 450 g/mol. The topological polar surface area (TPSA) is 69.0 Å². The average Bonchev–Trinajstić information content (AvgIpc) is 3.00. The van der Waals surface area contributed by atoms with Gasteiger partial charge in [0, 0.05) is 22.8 Å². The van der Waals surface area contributed by atoms with Crippen molar-refractivity contribution in [3.05, 3.63) is 63.9 Å². The predicted molar refractivity (Wildman–Crippen MR) is 117 cm³/mol. The van der Waals surface area contributed by atoms with Crippen LogP contribution in [0.25, 0.3) is 0 Å². The van der Waals surface area contributed by atoms with Crippen molar-refractivity contribution in [2.24, 2.45) is 7.05 Å². The van der Waals surface area contributed by atoms with Crippen molar-refractivity contribution in [2.75, 3.05) is 11.1 Å². The highest BCUT2D eigenvalue weighted by molar-refractivity contribution is 7.99. The van der Waals surface area contributed by atoms with E-state index < -0.39 is 0 Å². The molecule has 1 atom stereocenters. The summed E-state index contributed by atoms with van der Waals surface area (Å²) in [6.07, 6.45) is -0.286. The maximum atomic E-state index is 12.2. The number of carbonyl (C=O) groups is 1. The summed E-state index contributed by atoms with van der Waals surface area (Å²) in [6, 6.07) is 12.7. The third-order valence-electron chi connectivity index (χ3n) is 4.01. The Hall–Kier alpha value is -2.22. The number of anilines is 1. The van der Waals surface area contributed by atoms with Gasteiger partial charge in [0.25, 0.3) is 0 Å². The third kappa shape index (κ3) is 5.88. The molecule has 1 amide bonds. The molecule has 9 heteroatoms. The number of carbonyl (C=O) groups excluding carboxylic acids is 1. The Morgan fingerprint density at radius 1 is 1.21 bits per heavy atom. The molecular formula is C20H20Cl2N4O2S. The molecule has 3 rings (SSSR count). The van der Waals surface area contributed by atoms with E-state index in [2.05, 4.69) is 15.5 Å². The summed E-state index contributed by atoms with van der Waals surface area (Å²) in [7, 11) is 1.85. The zero-order valence-electron chi connectivity index (χ0n) is 16.1. The normalized spacial score (nSPS) is 11.9. The van der Waals surface area contributed by atoms with Gasteiger partial charge in [0.15, 0.2) is 17.1 Å². The maximum Gasteiger partial charge on any atom is 0.234 e. The molecule has 0 aliphatic rings. The van der Waals surface area contributed by atoms with E-state index in [-0.39, 0.29) is 17.8 Å². The van der Waals surface area contributed by atoms with E-state index in [0.29, 0.717) is 26.7 Å². The Morgan fingerprint density at radius 3 is 2.62 bits per heavy atom. The number of aryl methyl sites for hydroxylation is 1. The lowest BCUT2D eigenvalue weighted by Crippen LogP contribution is -2.15. The zero-order chi connectivity index (χ0) is 21.0. The number of benzene rings is 2. The standard InChI is InChI=1S/C20H20Cl2N4O2S/c1-12-5-4-6-17(7-12)28-13(2)19-24-25-20(26(19)3)29-11-18(27)23-16-9-14(21)8-15(22)10-16/h4-10,13H,11H2,1-3H3,(H,23,27). The van der Waals surface area contributed by atoms with Gasteiger partial charge in [-0.3, -0.25) is 4.79 Å². The fraction of sp³-hybridized carbons (Fsp3) is 0.250. The predicted octanol–water partition coefficient (Wildman–Crippen LogP) is 5.30. The second-order valence-corrected chi connectivity index (χ2v) is 8.29. The number of hydrogen-bond acceptors (Lipinski definition) is 5. The van der Waals surface area contributed by atoms with Gasteiger partial charge in [-0.1, -0.05) is 47.1 Å². The average molecular weight is 451 g/mol. The summed E-state index contributed by atoms with van der Waals surface area (Å²) >= 11 is 13.2. The second kappa shape index (κ2) is 9.52. The number of rotatable bonds is 7. The molecule has 1 aromatic heterocycles. The summed E-state index contributed by atoms with van der Waals surface area (Å²) in [5.41, 5.74) is 1.67. The summed E-state index contributed by atoms with van der Waals surface area (Å²) in [4.78, 5) is 12.2. The van der Waals surface area contributed by atoms with Crippen molar-refractivity contribution < 1.29 is 9.53 Å². The molecule has 2 aromatic carbocycles. The van der Waals surface area contributed by atoms with Gasteiger partial charge in [-0.05, 0) is 49.7 Å². The van der Waals surface area contributed by atoms with Crippen LogP contribution in [0.15, 0.2) is 47.6 Å². The zero-order valence-corrected chi connectivity index (χ0v) is 18.5. The van der Waals surface area contributed by atoms with E-state index in [1.54, 1.807) is 18.2 Å². The largest absolute Gasteiger partial charge is 0.483 e. The summed E-state index contributed by atoms with van der Waals surface area (Å²) in [5, 5.41) is 12.7. The van der Waals surface area contributed by atoms with E-state index in [0.717, 1.165) is 11.3 Å². The molecule has 1 unspecified atom stereocenters.